The van der Waals surface area contributed by atoms with Crippen molar-refractivity contribution in [3.63, 3.8) is 0 Å². The molecule has 3 aromatic rings. The predicted molar refractivity (Wildman–Crippen MR) is 114 cm³/mol. The number of anilines is 3. The molecule has 0 unspecified atom stereocenters. The van der Waals surface area contributed by atoms with E-state index in [-0.39, 0.29) is 18.0 Å². The van der Waals surface area contributed by atoms with Crippen molar-refractivity contribution in [3.05, 3.63) is 35.0 Å². The number of hydrogen-bond acceptors (Lipinski definition) is 6. The summed E-state index contributed by atoms with van der Waals surface area (Å²) in [5.41, 5.74) is 8.26. The van der Waals surface area contributed by atoms with Crippen LogP contribution in [0.1, 0.15) is 12.5 Å². The normalized spacial score (nSPS) is 17.0. The van der Waals surface area contributed by atoms with Gasteiger partial charge in [0, 0.05) is 43.4 Å². The minimum Gasteiger partial charge on any atom is -0.368 e. The molecule has 1 aliphatic rings. The van der Waals surface area contributed by atoms with Crippen molar-refractivity contribution in [2.75, 3.05) is 35.6 Å². The average molecular weight is 415 g/mol. The van der Waals surface area contributed by atoms with Crippen LogP contribution in [0.5, 0.6) is 0 Å². The number of nitrogens with zero attached hydrogens (tertiary/aromatic N) is 6. The van der Waals surface area contributed by atoms with E-state index in [4.69, 9.17) is 17.3 Å². The van der Waals surface area contributed by atoms with Crippen molar-refractivity contribution >= 4 is 46.1 Å². The van der Waals surface area contributed by atoms with Crippen molar-refractivity contribution in [3.8, 4) is 0 Å². The molecule has 152 valence electrons. The van der Waals surface area contributed by atoms with E-state index in [2.05, 4.69) is 32.2 Å². The number of nitrogen functional groups attached to an aromatic ring is 1. The van der Waals surface area contributed by atoms with Crippen LogP contribution in [0.4, 0.5) is 22.2 Å². The third-order valence-electron chi connectivity index (χ3n) is 5.20. The van der Waals surface area contributed by atoms with Crippen LogP contribution in [0.25, 0.3) is 11.0 Å². The van der Waals surface area contributed by atoms with Gasteiger partial charge in [-0.15, -0.1) is 0 Å². The van der Waals surface area contributed by atoms with E-state index in [1.807, 2.05) is 26.1 Å². The van der Waals surface area contributed by atoms with Gasteiger partial charge in [-0.3, -0.25) is 4.68 Å². The van der Waals surface area contributed by atoms with E-state index < -0.39 is 0 Å². The zero-order valence-corrected chi connectivity index (χ0v) is 17.3. The van der Waals surface area contributed by atoms with Gasteiger partial charge in [0.25, 0.3) is 0 Å². The number of benzene rings is 1. The molecule has 10 heteroatoms. The monoisotopic (exact) mass is 414 g/mol. The standard InChI is InChI=1S/C19H23ClN8O/c1-11-4-5-13(8-15(11)20)23-19(29)27-6-7-28(12(2)10-27)17-14-9-22-26(3)16(14)24-18(21)25-17/h4-5,8-9,12H,6-7,10H2,1-3H3,(H,23,29)(H2,21,24,25)/t12-/m0/s1. The smallest absolute Gasteiger partial charge is 0.321 e. The number of halogens is 1. The molecule has 9 nitrogen and oxygen atoms in total. The number of piperazine rings is 1. The third-order valence-corrected chi connectivity index (χ3v) is 5.61. The first kappa shape index (κ1) is 19.3. The van der Waals surface area contributed by atoms with Crippen molar-refractivity contribution in [2.24, 2.45) is 7.05 Å². The van der Waals surface area contributed by atoms with Crippen molar-refractivity contribution in [1.82, 2.24) is 24.6 Å². The molecule has 2 aromatic heterocycles. The van der Waals surface area contributed by atoms with E-state index in [9.17, 15) is 4.79 Å². The molecule has 1 atom stereocenters. The zero-order chi connectivity index (χ0) is 20.7. The highest BCUT2D eigenvalue weighted by atomic mass is 35.5. The van der Waals surface area contributed by atoms with Gasteiger partial charge in [-0.2, -0.15) is 15.1 Å². The Bertz CT molecular complexity index is 1080. The molecule has 0 spiro atoms. The molecule has 0 radical (unpaired) electrons. The highest BCUT2D eigenvalue weighted by Crippen LogP contribution is 2.28. The minimum absolute atomic E-state index is 0.0498. The second kappa shape index (κ2) is 7.40. The summed E-state index contributed by atoms with van der Waals surface area (Å²) in [5.74, 6) is 0.957. The number of nitrogens with two attached hydrogens (primary N) is 1. The molecule has 1 fully saturated rings. The molecule has 2 amide bonds. The zero-order valence-electron chi connectivity index (χ0n) is 16.6. The van der Waals surface area contributed by atoms with E-state index in [1.165, 1.54) is 0 Å². The number of rotatable bonds is 2. The lowest BCUT2D eigenvalue weighted by molar-refractivity contribution is 0.200. The van der Waals surface area contributed by atoms with Crippen LogP contribution in [-0.4, -0.2) is 56.4 Å². The molecule has 0 aliphatic carbocycles. The second-order valence-corrected chi connectivity index (χ2v) is 7.70. The van der Waals surface area contributed by atoms with E-state index >= 15 is 0 Å². The lowest BCUT2D eigenvalue weighted by atomic mass is 10.2. The number of aryl methyl sites for hydroxylation is 2. The minimum atomic E-state index is -0.148. The number of urea groups is 1. The van der Waals surface area contributed by atoms with Gasteiger partial charge in [-0.25, -0.2) is 4.79 Å². The first-order chi connectivity index (χ1) is 13.8. The molecule has 0 bridgehead atoms. The summed E-state index contributed by atoms with van der Waals surface area (Å²) in [6.07, 6.45) is 1.75. The highest BCUT2D eigenvalue weighted by Gasteiger charge is 2.29. The lowest BCUT2D eigenvalue weighted by Gasteiger charge is -2.40. The Morgan fingerprint density at radius 1 is 1.31 bits per heavy atom. The number of nitrogens with one attached hydrogen (secondary N) is 1. The highest BCUT2D eigenvalue weighted by molar-refractivity contribution is 6.31. The first-order valence-corrected chi connectivity index (χ1v) is 9.75. The van der Waals surface area contributed by atoms with Crippen LogP contribution in [-0.2, 0) is 7.05 Å². The van der Waals surface area contributed by atoms with Crippen LogP contribution in [0, 0.1) is 6.92 Å². The number of aromatic nitrogens is 4. The third kappa shape index (κ3) is 3.65. The van der Waals surface area contributed by atoms with Gasteiger partial charge in [0.1, 0.15) is 5.82 Å². The van der Waals surface area contributed by atoms with Crippen molar-refractivity contribution in [1.29, 1.82) is 0 Å². The Kier molecular flexibility index (Phi) is 4.91. The molecule has 1 saturated heterocycles. The Labute approximate surface area is 173 Å². The van der Waals surface area contributed by atoms with Crippen molar-refractivity contribution < 1.29 is 4.79 Å². The molecule has 1 aromatic carbocycles. The lowest BCUT2D eigenvalue weighted by Crippen LogP contribution is -2.55. The number of carbonyl (C=O) groups is 1. The van der Waals surface area contributed by atoms with Gasteiger partial charge >= 0.3 is 6.03 Å². The Balaban J connectivity index is 1.50. The summed E-state index contributed by atoms with van der Waals surface area (Å²) >= 11 is 6.15. The second-order valence-electron chi connectivity index (χ2n) is 7.29. The fourth-order valence-electron chi connectivity index (χ4n) is 3.57. The van der Waals surface area contributed by atoms with Crippen LogP contribution in [0.15, 0.2) is 24.4 Å². The number of carbonyl (C=O) groups excluding carboxylic acids is 1. The molecule has 0 saturated carbocycles. The van der Waals surface area contributed by atoms with Gasteiger partial charge in [0.15, 0.2) is 5.65 Å². The molecular formula is C19H23ClN8O. The maximum absolute atomic E-state index is 12.7. The summed E-state index contributed by atoms with van der Waals surface area (Å²) < 4.78 is 1.68. The molecule has 4 rings (SSSR count). The van der Waals surface area contributed by atoms with E-state index in [1.54, 1.807) is 21.8 Å². The summed E-state index contributed by atoms with van der Waals surface area (Å²) in [7, 11) is 1.82. The van der Waals surface area contributed by atoms with Gasteiger partial charge in [-0.05, 0) is 31.5 Å². The molecule has 1 aliphatic heterocycles. The van der Waals surface area contributed by atoms with Gasteiger partial charge in [-0.1, -0.05) is 17.7 Å². The molecule has 3 heterocycles. The number of hydrogen-bond donors (Lipinski definition) is 2. The summed E-state index contributed by atoms with van der Waals surface area (Å²) in [6, 6.07) is 5.40. The Morgan fingerprint density at radius 3 is 2.83 bits per heavy atom. The van der Waals surface area contributed by atoms with E-state index in [0.29, 0.717) is 36.0 Å². The maximum Gasteiger partial charge on any atom is 0.321 e. The SMILES string of the molecule is Cc1ccc(NC(=O)N2CCN(c3nc(N)nc4c3cnn4C)[C@@H](C)C2)cc1Cl. The number of fused-ring (bicyclic) bond motifs is 1. The summed E-state index contributed by atoms with van der Waals surface area (Å²) in [4.78, 5) is 25.4. The molecule has 3 N–H and O–H groups in total. The Hall–Kier alpha value is -3.07. The first-order valence-electron chi connectivity index (χ1n) is 9.37. The topological polar surface area (TPSA) is 105 Å². The van der Waals surface area contributed by atoms with E-state index in [0.717, 1.165) is 16.8 Å². The average Bonchev–Trinajstić information content (AvgIpc) is 3.05. The predicted octanol–water partition coefficient (Wildman–Crippen LogP) is 2.65. The van der Waals surface area contributed by atoms with Crippen LogP contribution < -0.4 is 16.0 Å². The van der Waals surface area contributed by atoms with Gasteiger partial charge in [0.05, 0.1) is 11.6 Å². The fourth-order valence-corrected chi connectivity index (χ4v) is 3.75. The largest absolute Gasteiger partial charge is 0.368 e. The van der Waals surface area contributed by atoms with Crippen molar-refractivity contribution in [2.45, 2.75) is 19.9 Å². The quantitative estimate of drug-likeness (QED) is 0.667. The molecule has 29 heavy (non-hydrogen) atoms. The fraction of sp³-hybridized carbons (Fsp3) is 0.368. The Morgan fingerprint density at radius 2 is 2.10 bits per heavy atom. The summed E-state index contributed by atoms with van der Waals surface area (Å²) in [6.45, 7) is 5.72. The van der Waals surface area contributed by atoms with Crippen LogP contribution in [0.3, 0.4) is 0 Å². The van der Waals surface area contributed by atoms with Gasteiger partial charge < -0.3 is 20.9 Å². The number of amides is 2. The summed E-state index contributed by atoms with van der Waals surface area (Å²) in [5, 5.41) is 8.66. The maximum atomic E-state index is 12.7. The van der Waals surface area contributed by atoms with Crippen LogP contribution in [0.2, 0.25) is 5.02 Å². The van der Waals surface area contributed by atoms with Crippen LogP contribution >= 0.6 is 11.6 Å². The van der Waals surface area contributed by atoms with Gasteiger partial charge in [0.2, 0.25) is 5.95 Å². The molecular weight excluding hydrogens is 392 g/mol.